The summed E-state index contributed by atoms with van der Waals surface area (Å²) in [6.07, 6.45) is 2.68. The molecule has 0 amide bonds. The Hall–Kier alpha value is -1.59. The fourth-order valence-electron chi connectivity index (χ4n) is 3.54. The second-order valence-electron chi connectivity index (χ2n) is 5.77. The molecule has 3 heterocycles. The SMILES string of the molecule is CCc1[nH]nc2c1C1(CCNCC1)Oc1ccc(F)cc1-2.Cl. The molecule has 1 fully saturated rings. The van der Waals surface area contributed by atoms with Crippen LogP contribution < -0.4 is 10.1 Å². The molecule has 0 atom stereocenters. The van der Waals surface area contributed by atoms with Crippen LogP contribution in [0.5, 0.6) is 5.75 Å². The molecule has 4 nitrogen and oxygen atoms in total. The Morgan fingerprint density at radius 3 is 2.82 bits per heavy atom. The number of halogens is 2. The summed E-state index contributed by atoms with van der Waals surface area (Å²) in [6.45, 7) is 3.94. The van der Waals surface area contributed by atoms with Crippen molar-refractivity contribution in [2.75, 3.05) is 13.1 Å². The molecule has 0 unspecified atom stereocenters. The Bertz CT molecular complexity index is 695. The summed E-state index contributed by atoms with van der Waals surface area (Å²) in [5.41, 5.74) is 3.51. The van der Waals surface area contributed by atoms with E-state index in [4.69, 9.17) is 4.74 Å². The first kappa shape index (κ1) is 15.3. The number of fused-ring (bicyclic) bond motifs is 4. The first-order valence-electron chi connectivity index (χ1n) is 7.51. The van der Waals surface area contributed by atoms with E-state index in [1.807, 2.05) is 0 Å². The minimum Gasteiger partial charge on any atom is -0.482 e. The monoisotopic (exact) mass is 323 g/mol. The van der Waals surface area contributed by atoms with E-state index in [9.17, 15) is 4.39 Å². The molecule has 118 valence electrons. The van der Waals surface area contributed by atoms with Crippen molar-refractivity contribution in [2.45, 2.75) is 31.8 Å². The summed E-state index contributed by atoms with van der Waals surface area (Å²) in [7, 11) is 0. The summed E-state index contributed by atoms with van der Waals surface area (Å²) < 4.78 is 20.0. The summed E-state index contributed by atoms with van der Waals surface area (Å²) in [5.74, 6) is 0.477. The molecule has 22 heavy (non-hydrogen) atoms. The zero-order chi connectivity index (χ0) is 14.4. The van der Waals surface area contributed by atoms with Crippen LogP contribution >= 0.6 is 12.4 Å². The van der Waals surface area contributed by atoms with Crippen LogP contribution in [0, 0.1) is 5.82 Å². The lowest BCUT2D eigenvalue weighted by Crippen LogP contribution is -2.45. The summed E-state index contributed by atoms with van der Waals surface area (Å²) in [5, 5.41) is 11.0. The zero-order valence-corrected chi connectivity index (χ0v) is 13.2. The van der Waals surface area contributed by atoms with E-state index in [1.165, 1.54) is 12.1 Å². The van der Waals surface area contributed by atoms with Crippen molar-refractivity contribution in [3.8, 4) is 17.0 Å². The Morgan fingerprint density at radius 2 is 2.09 bits per heavy atom. The molecule has 2 N–H and O–H groups in total. The van der Waals surface area contributed by atoms with Gasteiger partial charge in [-0.3, -0.25) is 5.10 Å². The van der Waals surface area contributed by atoms with Crippen LogP contribution in [0.1, 0.15) is 31.0 Å². The van der Waals surface area contributed by atoms with Crippen LogP contribution in [0.15, 0.2) is 18.2 Å². The molecule has 2 aliphatic rings. The minimum atomic E-state index is -0.330. The Kier molecular flexibility index (Phi) is 3.87. The van der Waals surface area contributed by atoms with Gasteiger partial charge in [0.15, 0.2) is 0 Å². The molecule has 0 radical (unpaired) electrons. The van der Waals surface area contributed by atoms with Crippen LogP contribution in [-0.4, -0.2) is 23.3 Å². The standard InChI is InChI=1S/C16H18FN3O.ClH/c1-2-12-14-15(20-19-12)11-9-10(17)3-4-13(11)21-16(14)5-7-18-8-6-16;/h3-4,9,18H,2,5-8H2,1H3,(H,19,20);1H. The molecule has 2 aliphatic heterocycles. The summed E-state index contributed by atoms with van der Waals surface area (Å²) >= 11 is 0. The number of nitrogens with one attached hydrogen (secondary N) is 2. The highest BCUT2D eigenvalue weighted by atomic mass is 35.5. The summed E-state index contributed by atoms with van der Waals surface area (Å²) in [6, 6.07) is 4.69. The van der Waals surface area contributed by atoms with Crippen molar-refractivity contribution < 1.29 is 9.13 Å². The molecular formula is C16H19ClFN3O. The third-order valence-electron chi connectivity index (χ3n) is 4.56. The minimum absolute atomic E-state index is 0. The molecule has 1 aromatic carbocycles. The van der Waals surface area contributed by atoms with E-state index in [0.717, 1.165) is 60.6 Å². The quantitative estimate of drug-likeness (QED) is 0.847. The third-order valence-corrected chi connectivity index (χ3v) is 4.56. The van der Waals surface area contributed by atoms with Crippen LogP contribution in [-0.2, 0) is 12.0 Å². The van der Waals surface area contributed by atoms with Crippen LogP contribution in [0.25, 0.3) is 11.3 Å². The Balaban J connectivity index is 0.00000144. The van der Waals surface area contributed by atoms with Gasteiger partial charge in [0.1, 0.15) is 22.9 Å². The van der Waals surface area contributed by atoms with Gasteiger partial charge < -0.3 is 10.1 Å². The largest absolute Gasteiger partial charge is 0.482 e. The number of H-pyrrole nitrogens is 1. The first-order chi connectivity index (χ1) is 10.2. The number of piperidine rings is 1. The fraction of sp³-hybridized carbons (Fsp3) is 0.438. The van der Waals surface area contributed by atoms with Crippen molar-refractivity contribution in [3.63, 3.8) is 0 Å². The number of hydrogen-bond donors (Lipinski definition) is 2. The molecule has 4 rings (SSSR count). The topological polar surface area (TPSA) is 49.9 Å². The van der Waals surface area contributed by atoms with Gasteiger partial charge in [0.2, 0.25) is 0 Å². The van der Waals surface area contributed by atoms with Crippen molar-refractivity contribution in [3.05, 3.63) is 35.3 Å². The van der Waals surface area contributed by atoms with Gasteiger partial charge in [0.05, 0.1) is 0 Å². The second kappa shape index (κ2) is 5.56. The number of hydrogen-bond acceptors (Lipinski definition) is 3. The van der Waals surface area contributed by atoms with Gasteiger partial charge in [-0.15, -0.1) is 12.4 Å². The van der Waals surface area contributed by atoms with Gasteiger partial charge in [0.25, 0.3) is 0 Å². The lowest BCUT2D eigenvalue weighted by atomic mass is 9.79. The number of aromatic amines is 1. The number of nitrogens with zero attached hydrogens (tertiary/aromatic N) is 1. The van der Waals surface area contributed by atoms with Crippen molar-refractivity contribution in [1.29, 1.82) is 0 Å². The van der Waals surface area contributed by atoms with Gasteiger partial charge in [-0.25, -0.2) is 4.39 Å². The molecule has 0 bridgehead atoms. The molecule has 0 aliphatic carbocycles. The number of aryl methyl sites for hydroxylation is 1. The first-order valence-corrected chi connectivity index (χ1v) is 7.51. The Labute approximate surface area is 134 Å². The van der Waals surface area contributed by atoms with Gasteiger partial charge in [0, 0.05) is 29.7 Å². The number of rotatable bonds is 1. The molecule has 0 saturated carbocycles. The van der Waals surface area contributed by atoms with Crippen molar-refractivity contribution in [2.24, 2.45) is 0 Å². The van der Waals surface area contributed by atoms with E-state index in [0.29, 0.717) is 0 Å². The van der Waals surface area contributed by atoms with Crippen LogP contribution in [0.3, 0.4) is 0 Å². The average Bonchev–Trinajstić information content (AvgIpc) is 2.95. The maximum Gasteiger partial charge on any atom is 0.140 e. The summed E-state index contributed by atoms with van der Waals surface area (Å²) in [4.78, 5) is 0. The lowest BCUT2D eigenvalue weighted by Gasteiger charge is -2.41. The molecule has 2 aromatic rings. The van der Waals surface area contributed by atoms with Crippen LogP contribution in [0.4, 0.5) is 4.39 Å². The van der Waals surface area contributed by atoms with E-state index in [-0.39, 0.29) is 23.8 Å². The van der Waals surface area contributed by atoms with E-state index < -0.39 is 0 Å². The van der Waals surface area contributed by atoms with Crippen molar-refractivity contribution >= 4 is 12.4 Å². The zero-order valence-electron chi connectivity index (χ0n) is 12.4. The number of ether oxygens (including phenoxy) is 1. The van der Waals surface area contributed by atoms with Crippen molar-refractivity contribution in [1.82, 2.24) is 15.5 Å². The fourth-order valence-corrected chi connectivity index (χ4v) is 3.54. The van der Waals surface area contributed by atoms with Gasteiger partial charge >= 0.3 is 0 Å². The van der Waals surface area contributed by atoms with E-state index in [1.54, 1.807) is 6.07 Å². The van der Waals surface area contributed by atoms with E-state index in [2.05, 4.69) is 22.4 Å². The lowest BCUT2D eigenvalue weighted by molar-refractivity contribution is 0.0299. The van der Waals surface area contributed by atoms with Gasteiger partial charge in [-0.1, -0.05) is 6.92 Å². The highest BCUT2D eigenvalue weighted by Gasteiger charge is 2.45. The third kappa shape index (κ3) is 2.11. The molecule has 6 heteroatoms. The normalized spacial score (nSPS) is 18.1. The molecule has 1 aromatic heterocycles. The molecular weight excluding hydrogens is 305 g/mol. The van der Waals surface area contributed by atoms with Gasteiger partial charge in [-0.05, 0) is 37.7 Å². The number of aromatic nitrogens is 2. The highest BCUT2D eigenvalue weighted by molar-refractivity contribution is 5.85. The van der Waals surface area contributed by atoms with E-state index >= 15 is 0 Å². The smallest absolute Gasteiger partial charge is 0.140 e. The highest BCUT2D eigenvalue weighted by Crippen LogP contribution is 2.49. The molecule has 1 saturated heterocycles. The Morgan fingerprint density at radius 1 is 1.32 bits per heavy atom. The van der Waals surface area contributed by atoms with Crippen LogP contribution in [0.2, 0.25) is 0 Å². The maximum absolute atomic E-state index is 13.6. The number of benzene rings is 1. The maximum atomic E-state index is 13.6. The average molecular weight is 324 g/mol. The predicted molar refractivity (Wildman–Crippen MR) is 85.0 cm³/mol. The second-order valence-corrected chi connectivity index (χ2v) is 5.77. The predicted octanol–water partition coefficient (Wildman–Crippen LogP) is 3.17. The van der Waals surface area contributed by atoms with Gasteiger partial charge in [-0.2, -0.15) is 5.10 Å². The molecule has 1 spiro atoms.